The number of aryl methyl sites for hydroxylation is 1. The molecule has 110 valence electrons. The molecule has 3 nitrogen and oxygen atoms in total. The van der Waals surface area contributed by atoms with E-state index in [4.69, 9.17) is 16.3 Å². The number of methoxy groups -OCH3 is 1. The lowest BCUT2D eigenvalue weighted by Gasteiger charge is -2.13. The molecule has 0 spiro atoms. The van der Waals surface area contributed by atoms with Crippen molar-refractivity contribution in [2.24, 2.45) is 5.92 Å². The van der Waals surface area contributed by atoms with Crippen LogP contribution in [-0.2, 0) is 0 Å². The van der Waals surface area contributed by atoms with E-state index in [-0.39, 0.29) is 17.8 Å². The van der Waals surface area contributed by atoms with Crippen LogP contribution in [0.1, 0.15) is 30.7 Å². The summed E-state index contributed by atoms with van der Waals surface area (Å²) >= 11 is 6.48. The number of rotatable bonds is 4. The number of aromatic nitrogens is 2. The molecule has 0 saturated heterocycles. The second kappa shape index (κ2) is 7.00. The topological polar surface area (TPSA) is 37.9 Å². The number of nitrogens with one attached hydrogen (secondary N) is 1. The number of ether oxygens (including phenoxy) is 1. The molecular weight excluding hydrogens is 295 g/mol. The molecule has 1 aromatic heterocycles. The summed E-state index contributed by atoms with van der Waals surface area (Å²) in [7, 11) is 1.66. The molecule has 1 atom stereocenters. The number of H-pyrrole nitrogens is 1. The monoisotopic (exact) mass is 314 g/mol. The number of hydrogen-bond donors (Lipinski definition) is 1. The second-order valence-corrected chi connectivity index (χ2v) is 5.43. The van der Waals surface area contributed by atoms with Gasteiger partial charge in [0, 0.05) is 5.56 Å². The van der Waals surface area contributed by atoms with Gasteiger partial charge in [-0.05, 0) is 25.0 Å². The van der Waals surface area contributed by atoms with E-state index in [0.29, 0.717) is 5.92 Å². The van der Waals surface area contributed by atoms with Crippen LogP contribution in [0.2, 0.25) is 0 Å². The molecule has 2 aromatic rings. The fourth-order valence-electron chi connectivity index (χ4n) is 2.03. The molecule has 0 bridgehead atoms. The maximum Gasteiger partial charge on any atom is 0.119 e. The number of hydrogen-bond acceptors (Lipinski definition) is 2. The van der Waals surface area contributed by atoms with E-state index < -0.39 is 0 Å². The summed E-state index contributed by atoms with van der Waals surface area (Å²) in [6.45, 7) is 6.14. The minimum atomic E-state index is -0.0811. The highest BCUT2D eigenvalue weighted by molar-refractivity contribution is 6.21. The third kappa shape index (κ3) is 3.47. The van der Waals surface area contributed by atoms with Crippen LogP contribution in [0.3, 0.4) is 0 Å². The van der Waals surface area contributed by atoms with Crippen LogP contribution in [0.25, 0.3) is 11.3 Å². The van der Waals surface area contributed by atoms with Gasteiger partial charge in [-0.2, -0.15) is 0 Å². The standard InChI is InChI=1S/C15H19ClN2O.ClH/c1-9(2)13(16)15-14(17-10(3)18-15)11-6-5-7-12(8-11)19-4;/h5-9,13H,1-4H3,(H,17,18);1H. The Morgan fingerprint density at radius 1 is 1.30 bits per heavy atom. The van der Waals surface area contributed by atoms with Crippen molar-refractivity contribution in [2.45, 2.75) is 26.1 Å². The van der Waals surface area contributed by atoms with Gasteiger partial charge < -0.3 is 9.72 Å². The van der Waals surface area contributed by atoms with E-state index in [2.05, 4.69) is 23.8 Å². The Labute approximate surface area is 131 Å². The number of halogens is 2. The van der Waals surface area contributed by atoms with E-state index in [0.717, 1.165) is 28.5 Å². The summed E-state index contributed by atoms with van der Waals surface area (Å²) in [5.41, 5.74) is 2.90. The molecular formula is C15H20Cl2N2O. The van der Waals surface area contributed by atoms with Gasteiger partial charge in [0.15, 0.2) is 0 Å². The smallest absolute Gasteiger partial charge is 0.119 e. The number of aromatic amines is 1. The zero-order valence-electron chi connectivity index (χ0n) is 12.1. The lowest BCUT2D eigenvalue weighted by atomic mass is 10.0. The van der Waals surface area contributed by atoms with Crippen molar-refractivity contribution >= 4 is 24.0 Å². The van der Waals surface area contributed by atoms with Crippen LogP contribution in [0.5, 0.6) is 5.75 Å². The average molecular weight is 315 g/mol. The average Bonchev–Trinajstić information content (AvgIpc) is 2.79. The summed E-state index contributed by atoms with van der Waals surface area (Å²) in [6, 6.07) is 7.87. The van der Waals surface area contributed by atoms with Crippen LogP contribution >= 0.6 is 24.0 Å². The quantitative estimate of drug-likeness (QED) is 0.827. The normalized spacial score (nSPS) is 12.1. The first kappa shape index (κ1) is 16.9. The van der Waals surface area contributed by atoms with Gasteiger partial charge in [-0.3, -0.25) is 0 Å². The lowest BCUT2D eigenvalue weighted by molar-refractivity contribution is 0.415. The van der Waals surface area contributed by atoms with Gasteiger partial charge >= 0.3 is 0 Å². The molecule has 0 radical (unpaired) electrons. The molecule has 0 saturated carbocycles. The molecule has 0 aliphatic carbocycles. The molecule has 1 aromatic carbocycles. The van der Waals surface area contributed by atoms with Crippen LogP contribution in [0.4, 0.5) is 0 Å². The predicted molar refractivity (Wildman–Crippen MR) is 86.0 cm³/mol. The summed E-state index contributed by atoms with van der Waals surface area (Å²) in [6.07, 6.45) is 0. The van der Waals surface area contributed by atoms with E-state index >= 15 is 0 Å². The molecule has 1 heterocycles. The molecule has 0 fully saturated rings. The molecule has 2 rings (SSSR count). The van der Waals surface area contributed by atoms with Gasteiger partial charge in [-0.1, -0.05) is 26.0 Å². The SMILES string of the molecule is COc1cccc(-c2nc(C)[nH]c2C(Cl)C(C)C)c1.Cl. The summed E-state index contributed by atoms with van der Waals surface area (Å²) in [4.78, 5) is 7.84. The zero-order valence-corrected chi connectivity index (χ0v) is 13.7. The molecule has 5 heteroatoms. The van der Waals surface area contributed by atoms with Gasteiger partial charge in [0.25, 0.3) is 0 Å². The van der Waals surface area contributed by atoms with E-state index in [1.165, 1.54) is 0 Å². The number of nitrogens with zero attached hydrogens (tertiary/aromatic N) is 1. The van der Waals surface area contributed by atoms with Crippen molar-refractivity contribution in [1.82, 2.24) is 9.97 Å². The first-order chi connectivity index (χ1) is 9.02. The Morgan fingerprint density at radius 2 is 2.00 bits per heavy atom. The minimum absolute atomic E-state index is 0. The highest BCUT2D eigenvalue weighted by Gasteiger charge is 2.21. The van der Waals surface area contributed by atoms with Crippen LogP contribution < -0.4 is 4.74 Å². The van der Waals surface area contributed by atoms with Crippen LogP contribution in [-0.4, -0.2) is 17.1 Å². The van der Waals surface area contributed by atoms with Crippen molar-refractivity contribution in [3.63, 3.8) is 0 Å². The zero-order chi connectivity index (χ0) is 14.0. The lowest BCUT2D eigenvalue weighted by Crippen LogP contribution is -2.01. The van der Waals surface area contributed by atoms with Crippen molar-refractivity contribution in [3.05, 3.63) is 35.8 Å². The fraction of sp³-hybridized carbons (Fsp3) is 0.400. The van der Waals surface area contributed by atoms with Crippen molar-refractivity contribution in [2.75, 3.05) is 7.11 Å². The Kier molecular flexibility index (Phi) is 5.90. The second-order valence-electron chi connectivity index (χ2n) is 4.96. The summed E-state index contributed by atoms with van der Waals surface area (Å²) in [5, 5.41) is -0.0811. The molecule has 1 N–H and O–H groups in total. The van der Waals surface area contributed by atoms with Crippen LogP contribution in [0.15, 0.2) is 24.3 Å². The Bertz CT molecular complexity index is 567. The fourth-order valence-corrected chi connectivity index (χ4v) is 2.19. The van der Waals surface area contributed by atoms with Gasteiger partial charge in [-0.15, -0.1) is 24.0 Å². The number of alkyl halides is 1. The summed E-state index contributed by atoms with van der Waals surface area (Å²) in [5.74, 6) is 2.03. The number of imidazole rings is 1. The highest BCUT2D eigenvalue weighted by Crippen LogP contribution is 2.35. The third-order valence-electron chi connectivity index (χ3n) is 3.05. The van der Waals surface area contributed by atoms with Gasteiger partial charge in [-0.25, -0.2) is 4.98 Å². The third-order valence-corrected chi connectivity index (χ3v) is 3.78. The van der Waals surface area contributed by atoms with Gasteiger partial charge in [0.05, 0.1) is 23.9 Å². The Balaban J connectivity index is 0.00000200. The minimum Gasteiger partial charge on any atom is -0.497 e. The first-order valence-corrected chi connectivity index (χ1v) is 6.81. The Hall–Kier alpha value is -1.19. The Morgan fingerprint density at radius 3 is 2.60 bits per heavy atom. The maximum atomic E-state index is 6.48. The largest absolute Gasteiger partial charge is 0.497 e. The molecule has 0 aliphatic rings. The van der Waals surface area contributed by atoms with E-state index in [1.807, 2.05) is 31.2 Å². The van der Waals surface area contributed by atoms with Crippen molar-refractivity contribution < 1.29 is 4.74 Å². The van der Waals surface area contributed by atoms with E-state index in [9.17, 15) is 0 Å². The van der Waals surface area contributed by atoms with E-state index in [1.54, 1.807) is 7.11 Å². The van der Waals surface area contributed by atoms with Crippen LogP contribution in [0, 0.1) is 12.8 Å². The maximum absolute atomic E-state index is 6.48. The number of benzene rings is 1. The van der Waals surface area contributed by atoms with Crippen molar-refractivity contribution in [1.29, 1.82) is 0 Å². The molecule has 0 aliphatic heterocycles. The highest BCUT2D eigenvalue weighted by atomic mass is 35.5. The van der Waals surface area contributed by atoms with Gasteiger partial charge in [0.1, 0.15) is 11.6 Å². The molecule has 1 unspecified atom stereocenters. The first-order valence-electron chi connectivity index (χ1n) is 6.38. The predicted octanol–water partition coefficient (Wildman–Crippen LogP) is 4.75. The summed E-state index contributed by atoms with van der Waals surface area (Å²) < 4.78 is 5.26. The van der Waals surface area contributed by atoms with Crippen molar-refractivity contribution in [3.8, 4) is 17.0 Å². The molecule has 0 amide bonds. The van der Waals surface area contributed by atoms with Gasteiger partial charge in [0.2, 0.25) is 0 Å². The molecule has 20 heavy (non-hydrogen) atoms.